The van der Waals surface area contributed by atoms with Crippen LogP contribution in [0.3, 0.4) is 0 Å². The first-order valence-electron chi connectivity index (χ1n) is 12.9. The molecule has 9 nitrogen and oxygen atoms in total. The number of ether oxygens (including phenoxy) is 2. The van der Waals surface area contributed by atoms with E-state index in [-0.39, 0.29) is 23.5 Å². The molecule has 1 heterocycles. The summed E-state index contributed by atoms with van der Waals surface area (Å²) in [7, 11) is -3.38. The Hall–Kier alpha value is -4.15. The van der Waals surface area contributed by atoms with E-state index < -0.39 is 15.9 Å². The van der Waals surface area contributed by atoms with Crippen molar-refractivity contribution < 1.29 is 22.7 Å². The maximum atomic E-state index is 13.8. The molecule has 1 amide bonds. The number of aromatic nitrogens is 1. The van der Waals surface area contributed by atoms with Crippen LogP contribution in [0.25, 0.3) is 10.8 Å². The zero-order chi connectivity index (χ0) is 28.9. The summed E-state index contributed by atoms with van der Waals surface area (Å²) >= 11 is 0. The number of amides is 1. The molecule has 0 bridgehead atoms. The first kappa shape index (κ1) is 28.8. The molecule has 210 valence electrons. The Morgan fingerprint density at radius 3 is 2.55 bits per heavy atom. The van der Waals surface area contributed by atoms with Crippen LogP contribution in [0.5, 0.6) is 11.5 Å². The smallest absolute Gasteiger partial charge is 0.249 e. The van der Waals surface area contributed by atoms with Gasteiger partial charge in [-0.25, -0.2) is 14.3 Å². The van der Waals surface area contributed by atoms with Gasteiger partial charge in [0.2, 0.25) is 5.91 Å². The molecule has 1 atom stereocenters. The molecule has 10 heteroatoms. The summed E-state index contributed by atoms with van der Waals surface area (Å²) in [6, 6.07) is 18.4. The van der Waals surface area contributed by atoms with E-state index in [4.69, 9.17) is 15.3 Å². The third-order valence-corrected chi connectivity index (χ3v) is 7.30. The highest BCUT2D eigenvalue weighted by Crippen LogP contribution is 2.34. The van der Waals surface area contributed by atoms with Crippen molar-refractivity contribution >= 4 is 32.2 Å². The molecule has 0 saturated heterocycles. The Bertz CT molecular complexity index is 1610. The molecule has 0 spiro atoms. The Balaban J connectivity index is 1.70. The van der Waals surface area contributed by atoms with E-state index in [0.29, 0.717) is 34.9 Å². The van der Waals surface area contributed by atoms with E-state index in [1.807, 2.05) is 45.0 Å². The van der Waals surface area contributed by atoms with Gasteiger partial charge >= 0.3 is 0 Å². The zero-order valence-corrected chi connectivity index (χ0v) is 23.8. The third kappa shape index (κ3) is 6.88. The predicted molar refractivity (Wildman–Crippen MR) is 156 cm³/mol. The first-order valence-corrected chi connectivity index (χ1v) is 14.8. The van der Waals surface area contributed by atoms with Gasteiger partial charge in [0, 0.05) is 30.6 Å². The molecule has 0 aliphatic heterocycles. The summed E-state index contributed by atoms with van der Waals surface area (Å²) in [5, 5.41) is 6.21. The SMILES string of the molecule is CCOc1cc(C(C(=O)NCc2cccc(S(C)(=O)=O)c2)N(N)c2ccc3cnccc3c2)ccc1OC(C)C. The minimum absolute atomic E-state index is 0.0649. The molecule has 3 aromatic carbocycles. The van der Waals surface area contributed by atoms with Crippen molar-refractivity contribution in [3.05, 3.63) is 90.3 Å². The van der Waals surface area contributed by atoms with Crippen LogP contribution in [-0.4, -0.2) is 38.3 Å². The van der Waals surface area contributed by atoms with Crippen LogP contribution >= 0.6 is 0 Å². The van der Waals surface area contributed by atoms with Gasteiger partial charge in [0.05, 0.1) is 23.3 Å². The fraction of sp³-hybridized carbons (Fsp3) is 0.267. The van der Waals surface area contributed by atoms with Crippen molar-refractivity contribution in [3.8, 4) is 11.5 Å². The Labute approximate surface area is 234 Å². The summed E-state index contributed by atoms with van der Waals surface area (Å²) in [6.45, 7) is 6.25. The topological polar surface area (TPSA) is 124 Å². The normalized spacial score (nSPS) is 12.2. The number of hydrogen-bond donors (Lipinski definition) is 2. The fourth-order valence-electron chi connectivity index (χ4n) is 4.30. The Morgan fingerprint density at radius 2 is 1.82 bits per heavy atom. The minimum Gasteiger partial charge on any atom is -0.490 e. The number of hydrogen-bond acceptors (Lipinski definition) is 8. The molecular formula is C30H34N4O5S. The number of pyridine rings is 1. The van der Waals surface area contributed by atoms with Gasteiger partial charge in [0.15, 0.2) is 21.3 Å². The number of hydrazine groups is 1. The van der Waals surface area contributed by atoms with Gasteiger partial charge in [-0.1, -0.05) is 24.3 Å². The van der Waals surface area contributed by atoms with Gasteiger partial charge in [0.25, 0.3) is 0 Å². The highest BCUT2D eigenvalue weighted by molar-refractivity contribution is 7.90. The summed E-state index contributed by atoms with van der Waals surface area (Å²) in [6.07, 6.45) is 4.54. The Kier molecular flexibility index (Phi) is 8.91. The zero-order valence-electron chi connectivity index (χ0n) is 23.0. The molecule has 0 aliphatic rings. The van der Waals surface area contributed by atoms with E-state index in [1.165, 1.54) is 11.1 Å². The lowest BCUT2D eigenvalue weighted by Crippen LogP contribution is -2.44. The number of anilines is 1. The van der Waals surface area contributed by atoms with E-state index in [2.05, 4.69) is 10.3 Å². The van der Waals surface area contributed by atoms with Crippen molar-refractivity contribution in [3.63, 3.8) is 0 Å². The predicted octanol–water partition coefficient (Wildman–Crippen LogP) is 4.56. The largest absolute Gasteiger partial charge is 0.490 e. The lowest BCUT2D eigenvalue weighted by atomic mass is 10.0. The summed E-state index contributed by atoms with van der Waals surface area (Å²) in [5.74, 6) is 7.36. The number of rotatable bonds is 11. The van der Waals surface area contributed by atoms with Crippen molar-refractivity contribution in [2.45, 2.75) is 44.4 Å². The molecule has 3 N–H and O–H groups in total. The van der Waals surface area contributed by atoms with Crippen molar-refractivity contribution in [1.82, 2.24) is 10.3 Å². The Morgan fingerprint density at radius 1 is 1.02 bits per heavy atom. The average Bonchev–Trinajstić information content (AvgIpc) is 2.92. The molecular weight excluding hydrogens is 528 g/mol. The van der Waals surface area contributed by atoms with Crippen molar-refractivity contribution in [2.24, 2.45) is 5.84 Å². The number of carbonyl (C=O) groups is 1. The lowest BCUT2D eigenvalue weighted by Gasteiger charge is -2.29. The van der Waals surface area contributed by atoms with Gasteiger partial charge in [-0.2, -0.15) is 0 Å². The number of benzene rings is 3. The average molecular weight is 563 g/mol. The van der Waals surface area contributed by atoms with Crippen molar-refractivity contribution in [2.75, 3.05) is 17.9 Å². The number of nitrogens with zero attached hydrogens (tertiary/aromatic N) is 2. The van der Waals surface area contributed by atoms with Gasteiger partial charge < -0.3 is 14.8 Å². The minimum atomic E-state index is -3.38. The molecule has 4 aromatic rings. The second-order valence-electron chi connectivity index (χ2n) is 9.66. The van der Waals surface area contributed by atoms with Crippen LogP contribution in [0.1, 0.15) is 37.9 Å². The summed E-state index contributed by atoms with van der Waals surface area (Å²) < 4.78 is 35.7. The monoisotopic (exact) mass is 562 g/mol. The molecule has 1 aromatic heterocycles. The van der Waals surface area contributed by atoms with Gasteiger partial charge in [-0.15, -0.1) is 0 Å². The fourth-order valence-corrected chi connectivity index (χ4v) is 5.00. The molecule has 0 aliphatic carbocycles. The number of fused-ring (bicyclic) bond motifs is 1. The number of sulfone groups is 1. The maximum absolute atomic E-state index is 13.8. The van der Waals surface area contributed by atoms with Crippen LogP contribution in [0.2, 0.25) is 0 Å². The summed E-state index contributed by atoms with van der Waals surface area (Å²) in [4.78, 5) is 18.1. The van der Waals surface area contributed by atoms with Crippen LogP contribution in [0.15, 0.2) is 84.0 Å². The molecule has 0 saturated carbocycles. The molecule has 1 unspecified atom stereocenters. The number of carbonyl (C=O) groups excluding carboxylic acids is 1. The van der Waals surface area contributed by atoms with Gasteiger partial charge in [-0.3, -0.25) is 14.8 Å². The van der Waals surface area contributed by atoms with Crippen LogP contribution in [0, 0.1) is 0 Å². The van der Waals surface area contributed by atoms with Gasteiger partial charge in [-0.05, 0) is 79.7 Å². The number of nitrogens with one attached hydrogen (secondary N) is 1. The second kappa shape index (κ2) is 12.4. The summed E-state index contributed by atoms with van der Waals surface area (Å²) in [5.41, 5.74) is 1.87. The highest BCUT2D eigenvalue weighted by atomic mass is 32.2. The van der Waals surface area contributed by atoms with E-state index >= 15 is 0 Å². The standard InChI is InChI=1S/C30H34N4O5S/c1-5-38-28-17-23(10-12-27(28)39-20(2)3)29(34(31)25-11-9-24-19-32-14-13-22(24)16-25)30(35)33-18-21-7-6-8-26(15-21)40(4,36)37/h6-17,19-20,29H,5,18,31H2,1-4H3,(H,33,35). The molecule has 0 radical (unpaired) electrons. The molecule has 4 rings (SSSR count). The van der Waals surface area contributed by atoms with Crippen LogP contribution in [-0.2, 0) is 21.2 Å². The highest BCUT2D eigenvalue weighted by Gasteiger charge is 2.28. The lowest BCUT2D eigenvalue weighted by molar-refractivity contribution is -0.122. The van der Waals surface area contributed by atoms with Gasteiger partial charge in [0.1, 0.15) is 6.04 Å². The number of nitrogens with two attached hydrogens (primary N) is 1. The van der Waals surface area contributed by atoms with E-state index in [9.17, 15) is 13.2 Å². The van der Waals surface area contributed by atoms with Crippen LogP contribution < -0.4 is 25.6 Å². The second-order valence-corrected chi connectivity index (χ2v) is 11.7. The maximum Gasteiger partial charge on any atom is 0.249 e. The quantitative estimate of drug-likeness (QED) is 0.201. The van der Waals surface area contributed by atoms with Crippen molar-refractivity contribution in [1.29, 1.82) is 0 Å². The third-order valence-electron chi connectivity index (χ3n) is 6.19. The molecule has 0 fully saturated rings. The molecule has 40 heavy (non-hydrogen) atoms. The first-order chi connectivity index (χ1) is 19.1. The van der Waals surface area contributed by atoms with E-state index in [0.717, 1.165) is 17.0 Å². The van der Waals surface area contributed by atoms with E-state index in [1.54, 1.807) is 48.8 Å². The van der Waals surface area contributed by atoms with Crippen LogP contribution in [0.4, 0.5) is 5.69 Å².